The van der Waals surface area contributed by atoms with E-state index in [1.54, 1.807) is 9.80 Å². The highest BCUT2D eigenvalue weighted by Crippen LogP contribution is 2.12. The number of nitrogens with zero attached hydrogens (tertiary/aromatic N) is 2. The third-order valence-electron chi connectivity index (χ3n) is 4.79. The van der Waals surface area contributed by atoms with Gasteiger partial charge in [-0.3, -0.25) is 9.59 Å². The first-order valence-corrected chi connectivity index (χ1v) is 8.99. The first-order chi connectivity index (χ1) is 12.5. The van der Waals surface area contributed by atoms with Crippen LogP contribution in [0.2, 0.25) is 0 Å². The SMILES string of the molecule is Cc1ccc(C(=O)N2CCN(C(=O)[C@@H](N)Cc3ccccc3)CC2)cc1. The normalized spacial score (nSPS) is 15.6. The molecule has 0 aliphatic carbocycles. The van der Waals surface area contributed by atoms with E-state index < -0.39 is 6.04 Å². The number of piperazine rings is 1. The Hall–Kier alpha value is -2.66. The van der Waals surface area contributed by atoms with Gasteiger partial charge in [0.15, 0.2) is 0 Å². The van der Waals surface area contributed by atoms with Crippen molar-refractivity contribution in [3.63, 3.8) is 0 Å². The molecule has 1 fully saturated rings. The van der Waals surface area contributed by atoms with Gasteiger partial charge in [-0.2, -0.15) is 0 Å². The van der Waals surface area contributed by atoms with E-state index in [-0.39, 0.29) is 11.8 Å². The molecule has 5 heteroatoms. The third kappa shape index (κ3) is 4.29. The third-order valence-corrected chi connectivity index (χ3v) is 4.79. The predicted octanol–water partition coefficient (Wildman–Crippen LogP) is 1.85. The van der Waals surface area contributed by atoms with Crippen molar-refractivity contribution < 1.29 is 9.59 Å². The summed E-state index contributed by atoms with van der Waals surface area (Å²) in [4.78, 5) is 28.7. The topological polar surface area (TPSA) is 66.6 Å². The van der Waals surface area contributed by atoms with Crippen LogP contribution >= 0.6 is 0 Å². The van der Waals surface area contributed by atoms with Gasteiger partial charge in [-0.15, -0.1) is 0 Å². The molecule has 0 radical (unpaired) electrons. The number of hydrogen-bond acceptors (Lipinski definition) is 3. The van der Waals surface area contributed by atoms with Crippen LogP contribution in [0.5, 0.6) is 0 Å². The number of nitrogens with two attached hydrogens (primary N) is 1. The lowest BCUT2D eigenvalue weighted by Gasteiger charge is -2.36. The maximum absolute atomic E-state index is 12.6. The number of carbonyl (C=O) groups excluding carboxylic acids is 2. The van der Waals surface area contributed by atoms with Gasteiger partial charge >= 0.3 is 0 Å². The summed E-state index contributed by atoms with van der Waals surface area (Å²) in [7, 11) is 0. The highest BCUT2D eigenvalue weighted by Gasteiger charge is 2.27. The van der Waals surface area contributed by atoms with Crippen molar-refractivity contribution in [1.29, 1.82) is 0 Å². The summed E-state index contributed by atoms with van der Waals surface area (Å²) in [6.07, 6.45) is 0.530. The van der Waals surface area contributed by atoms with Gasteiger partial charge < -0.3 is 15.5 Å². The van der Waals surface area contributed by atoms with Crippen LogP contribution in [0.4, 0.5) is 0 Å². The highest BCUT2D eigenvalue weighted by molar-refractivity contribution is 5.94. The molecule has 0 spiro atoms. The van der Waals surface area contributed by atoms with Gasteiger partial charge in [0.25, 0.3) is 5.91 Å². The molecule has 26 heavy (non-hydrogen) atoms. The van der Waals surface area contributed by atoms with Crippen LogP contribution in [0.3, 0.4) is 0 Å². The summed E-state index contributed by atoms with van der Waals surface area (Å²) in [5.41, 5.74) is 8.98. The van der Waals surface area contributed by atoms with Gasteiger partial charge in [0.05, 0.1) is 6.04 Å². The molecule has 2 aromatic rings. The van der Waals surface area contributed by atoms with Gasteiger partial charge in [-0.05, 0) is 31.0 Å². The van der Waals surface area contributed by atoms with Crippen molar-refractivity contribution in [2.45, 2.75) is 19.4 Å². The number of amides is 2. The minimum atomic E-state index is -0.545. The molecule has 1 aliphatic rings. The Balaban J connectivity index is 1.53. The predicted molar refractivity (Wildman–Crippen MR) is 102 cm³/mol. The number of benzene rings is 2. The zero-order valence-corrected chi connectivity index (χ0v) is 15.1. The van der Waals surface area contributed by atoms with Gasteiger partial charge in [0.1, 0.15) is 0 Å². The van der Waals surface area contributed by atoms with E-state index in [4.69, 9.17) is 5.73 Å². The van der Waals surface area contributed by atoms with Crippen molar-refractivity contribution in [2.75, 3.05) is 26.2 Å². The molecule has 1 saturated heterocycles. The molecule has 1 atom stereocenters. The van der Waals surface area contributed by atoms with Crippen LogP contribution in [0.25, 0.3) is 0 Å². The lowest BCUT2D eigenvalue weighted by Crippen LogP contribution is -2.54. The summed E-state index contributed by atoms with van der Waals surface area (Å²) < 4.78 is 0. The van der Waals surface area contributed by atoms with E-state index in [1.807, 2.05) is 61.5 Å². The Bertz CT molecular complexity index is 751. The monoisotopic (exact) mass is 351 g/mol. The molecule has 2 amide bonds. The summed E-state index contributed by atoms with van der Waals surface area (Å²) in [6.45, 7) is 4.13. The second-order valence-electron chi connectivity index (χ2n) is 6.78. The van der Waals surface area contributed by atoms with E-state index in [0.29, 0.717) is 38.2 Å². The smallest absolute Gasteiger partial charge is 0.253 e. The lowest BCUT2D eigenvalue weighted by molar-refractivity contribution is -0.134. The molecule has 2 N–H and O–H groups in total. The maximum atomic E-state index is 12.6. The van der Waals surface area contributed by atoms with Crippen LogP contribution in [0.15, 0.2) is 54.6 Å². The quantitative estimate of drug-likeness (QED) is 0.914. The fourth-order valence-corrected chi connectivity index (χ4v) is 3.20. The van der Waals surface area contributed by atoms with E-state index in [2.05, 4.69) is 0 Å². The molecule has 0 saturated carbocycles. The second kappa shape index (κ2) is 8.15. The summed E-state index contributed by atoms with van der Waals surface area (Å²) in [5, 5.41) is 0. The van der Waals surface area contributed by atoms with Gasteiger partial charge in [-0.1, -0.05) is 48.0 Å². The number of carbonyl (C=O) groups is 2. The van der Waals surface area contributed by atoms with Crippen LogP contribution in [-0.4, -0.2) is 53.8 Å². The molecule has 0 bridgehead atoms. The fourth-order valence-electron chi connectivity index (χ4n) is 3.20. The molecular weight excluding hydrogens is 326 g/mol. The molecule has 1 aliphatic heterocycles. The van der Waals surface area contributed by atoms with Crippen LogP contribution in [0.1, 0.15) is 21.5 Å². The van der Waals surface area contributed by atoms with Crippen LogP contribution in [0, 0.1) is 6.92 Å². The molecule has 0 aromatic heterocycles. The Morgan fingerprint density at radius 1 is 0.923 bits per heavy atom. The van der Waals surface area contributed by atoms with Crippen molar-refractivity contribution in [3.05, 3.63) is 71.3 Å². The van der Waals surface area contributed by atoms with Crippen molar-refractivity contribution in [2.24, 2.45) is 5.73 Å². The highest BCUT2D eigenvalue weighted by atomic mass is 16.2. The summed E-state index contributed by atoms with van der Waals surface area (Å²) in [5.74, 6) is -0.0260. The second-order valence-corrected chi connectivity index (χ2v) is 6.78. The number of hydrogen-bond donors (Lipinski definition) is 1. The van der Waals surface area contributed by atoms with Gasteiger partial charge in [0.2, 0.25) is 5.91 Å². The molecule has 3 rings (SSSR count). The summed E-state index contributed by atoms with van der Waals surface area (Å²) >= 11 is 0. The fraction of sp³-hybridized carbons (Fsp3) is 0.333. The maximum Gasteiger partial charge on any atom is 0.253 e. The first-order valence-electron chi connectivity index (χ1n) is 8.99. The van der Waals surface area contributed by atoms with E-state index in [9.17, 15) is 9.59 Å². The lowest BCUT2D eigenvalue weighted by atomic mass is 10.1. The van der Waals surface area contributed by atoms with Crippen molar-refractivity contribution in [3.8, 4) is 0 Å². The van der Waals surface area contributed by atoms with E-state index in [1.165, 1.54) is 0 Å². The largest absolute Gasteiger partial charge is 0.338 e. The average molecular weight is 351 g/mol. The molecule has 0 unspecified atom stereocenters. The van der Waals surface area contributed by atoms with Crippen LogP contribution in [-0.2, 0) is 11.2 Å². The zero-order chi connectivity index (χ0) is 18.5. The molecule has 1 heterocycles. The van der Waals surface area contributed by atoms with Gasteiger partial charge in [-0.25, -0.2) is 0 Å². The Labute approximate surface area is 154 Å². The molecule has 136 valence electrons. The van der Waals surface area contributed by atoms with Crippen LogP contribution < -0.4 is 5.73 Å². The molecular formula is C21H25N3O2. The minimum Gasteiger partial charge on any atom is -0.338 e. The first kappa shape index (κ1) is 18.1. The standard InChI is InChI=1S/C21H25N3O2/c1-16-7-9-18(10-8-16)20(25)23-11-13-24(14-12-23)21(26)19(22)15-17-5-3-2-4-6-17/h2-10,19H,11-15,22H2,1H3/t19-/m0/s1. The number of rotatable bonds is 4. The average Bonchev–Trinajstić information content (AvgIpc) is 2.68. The Morgan fingerprint density at radius 2 is 1.50 bits per heavy atom. The van der Waals surface area contributed by atoms with E-state index in [0.717, 1.165) is 11.1 Å². The van der Waals surface area contributed by atoms with Gasteiger partial charge in [0, 0.05) is 31.7 Å². The summed E-state index contributed by atoms with van der Waals surface area (Å²) in [6, 6.07) is 16.8. The van der Waals surface area contributed by atoms with Crippen molar-refractivity contribution in [1.82, 2.24) is 9.80 Å². The Kier molecular flexibility index (Phi) is 5.68. The molecule has 2 aromatic carbocycles. The zero-order valence-electron chi connectivity index (χ0n) is 15.1. The molecule has 5 nitrogen and oxygen atoms in total. The number of aryl methyl sites for hydroxylation is 1. The van der Waals surface area contributed by atoms with Crippen molar-refractivity contribution >= 4 is 11.8 Å². The van der Waals surface area contributed by atoms with E-state index >= 15 is 0 Å². The minimum absolute atomic E-state index is 0.0192. The Morgan fingerprint density at radius 3 is 2.12 bits per heavy atom.